The van der Waals surface area contributed by atoms with Crippen molar-refractivity contribution in [3.63, 3.8) is 0 Å². The van der Waals surface area contributed by atoms with Gasteiger partial charge in [0.15, 0.2) is 6.29 Å². The van der Waals surface area contributed by atoms with Crippen molar-refractivity contribution in [2.24, 2.45) is 5.92 Å². The first-order valence-corrected chi connectivity index (χ1v) is 12.7. The number of aliphatic hydroxyl groups is 1. The van der Waals surface area contributed by atoms with Crippen molar-refractivity contribution in [3.8, 4) is 0 Å². The molecule has 3 rings (SSSR count). The van der Waals surface area contributed by atoms with Crippen LogP contribution in [0, 0.1) is 5.92 Å². The Kier molecular flexibility index (Phi) is 8.94. The molecule has 0 fully saturated rings. The Morgan fingerprint density at radius 1 is 1.17 bits per heavy atom. The van der Waals surface area contributed by atoms with Gasteiger partial charge in [-0.25, -0.2) is 0 Å². The van der Waals surface area contributed by atoms with Crippen LogP contribution in [0.1, 0.15) is 90.1 Å². The predicted molar refractivity (Wildman–Crippen MR) is 132 cm³/mol. The van der Waals surface area contributed by atoms with E-state index in [9.17, 15) is 9.90 Å². The fourth-order valence-corrected chi connectivity index (χ4v) is 6.17. The molecule has 2 atom stereocenters. The summed E-state index contributed by atoms with van der Waals surface area (Å²) in [6.07, 6.45) is 10.7. The highest BCUT2D eigenvalue weighted by Crippen LogP contribution is 2.44. The van der Waals surface area contributed by atoms with E-state index in [4.69, 9.17) is 0 Å². The number of rotatable bonds is 11. The summed E-state index contributed by atoms with van der Waals surface area (Å²) >= 11 is 4.14. The van der Waals surface area contributed by atoms with Crippen LogP contribution in [0.3, 0.4) is 0 Å². The average Bonchev–Trinajstić information content (AvgIpc) is 3.35. The molecular formula is C25H31IO2S. The van der Waals surface area contributed by atoms with E-state index in [2.05, 4.69) is 59.8 Å². The molecule has 0 unspecified atom stereocenters. The van der Waals surface area contributed by atoms with Crippen molar-refractivity contribution in [1.29, 1.82) is 0 Å². The van der Waals surface area contributed by atoms with Gasteiger partial charge in [-0.1, -0.05) is 50.5 Å². The minimum absolute atomic E-state index is 0.343. The van der Waals surface area contributed by atoms with E-state index < -0.39 is 0 Å². The number of carbonyl (C=O) groups is 1. The predicted octanol–water partition coefficient (Wildman–Crippen LogP) is 7.75. The van der Waals surface area contributed by atoms with Gasteiger partial charge in [-0.2, -0.15) is 0 Å². The summed E-state index contributed by atoms with van der Waals surface area (Å²) < 4.78 is 1.49. The Hall–Kier alpha value is -0.980. The highest BCUT2D eigenvalue weighted by atomic mass is 127. The third-order valence-electron chi connectivity index (χ3n) is 5.87. The molecule has 2 aromatic rings. The highest BCUT2D eigenvalue weighted by Gasteiger charge is 2.25. The number of aliphatic hydroxyl groups excluding tert-OH is 1. The largest absolute Gasteiger partial charge is 0.388 e. The molecule has 0 saturated carbocycles. The van der Waals surface area contributed by atoms with Gasteiger partial charge >= 0.3 is 0 Å². The van der Waals surface area contributed by atoms with E-state index in [-0.39, 0.29) is 6.10 Å². The van der Waals surface area contributed by atoms with Crippen LogP contribution in [0.25, 0.3) is 5.57 Å². The van der Waals surface area contributed by atoms with Gasteiger partial charge in [-0.15, -0.1) is 11.3 Å². The molecule has 0 radical (unpaired) electrons. The minimum Gasteiger partial charge on any atom is -0.388 e. The molecule has 4 heteroatoms. The number of allylic oxidation sites excluding steroid dienone is 2. The molecule has 1 N–H and O–H groups in total. The topological polar surface area (TPSA) is 37.3 Å². The number of thiophene rings is 1. The SMILES string of the molecule is CCCCC[C@H](O)c1ccc(C2=C(I)CC[C@@H]2CCCc2ccc(C=O)s2)cc1. The maximum atomic E-state index is 10.9. The average molecular weight is 522 g/mol. The van der Waals surface area contributed by atoms with Gasteiger partial charge in [-0.05, 0) is 99.4 Å². The number of benzene rings is 1. The Morgan fingerprint density at radius 2 is 1.97 bits per heavy atom. The van der Waals surface area contributed by atoms with Crippen molar-refractivity contribution in [1.82, 2.24) is 0 Å². The lowest BCUT2D eigenvalue weighted by Crippen LogP contribution is -2.02. The molecule has 1 aliphatic carbocycles. The summed E-state index contributed by atoms with van der Waals surface area (Å²) in [4.78, 5) is 13.0. The van der Waals surface area contributed by atoms with Crippen LogP contribution in [-0.4, -0.2) is 11.4 Å². The first kappa shape index (κ1) is 22.7. The van der Waals surface area contributed by atoms with Gasteiger partial charge in [0, 0.05) is 4.88 Å². The first-order valence-electron chi connectivity index (χ1n) is 10.8. The summed E-state index contributed by atoms with van der Waals surface area (Å²) in [5.74, 6) is 0.618. The second-order valence-corrected chi connectivity index (χ2v) is 10.5. The number of aryl methyl sites for hydroxylation is 1. The Labute approximate surface area is 192 Å². The van der Waals surface area contributed by atoms with Gasteiger partial charge in [0.25, 0.3) is 0 Å². The van der Waals surface area contributed by atoms with Crippen LogP contribution >= 0.6 is 33.9 Å². The van der Waals surface area contributed by atoms with Crippen LogP contribution in [0.15, 0.2) is 40.0 Å². The molecule has 0 spiro atoms. The summed E-state index contributed by atoms with van der Waals surface area (Å²) in [5.41, 5.74) is 3.87. The van der Waals surface area contributed by atoms with E-state index in [1.54, 1.807) is 11.3 Å². The zero-order valence-corrected chi connectivity index (χ0v) is 20.2. The Bertz CT molecular complexity index is 822. The second-order valence-electron chi connectivity index (χ2n) is 8.00. The van der Waals surface area contributed by atoms with Crippen molar-refractivity contribution in [2.75, 3.05) is 0 Å². The lowest BCUT2D eigenvalue weighted by Gasteiger charge is -2.17. The zero-order valence-electron chi connectivity index (χ0n) is 17.2. The van der Waals surface area contributed by atoms with Crippen molar-refractivity contribution in [3.05, 3.63) is 60.9 Å². The second kappa shape index (κ2) is 11.4. The lowest BCUT2D eigenvalue weighted by atomic mass is 9.89. The highest BCUT2D eigenvalue weighted by molar-refractivity contribution is 14.1. The van der Waals surface area contributed by atoms with Crippen LogP contribution in [0.2, 0.25) is 0 Å². The monoisotopic (exact) mass is 522 g/mol. The molecule has 0 amide bonds. The summed E-state index contributed by atoms with van der Waals surface area (Å²) in [6, 6.07) is 12.7. The lowest BCUT2D eigenvalue weighted by molar-refractivity contribution is 0.112. The smallest absolute Gasteiger partial charge is 0.160 e. The van der Waals surface area contributed by atoms with Crippen LogP contribution in [-0.2, 0) is 6.42 Å². The molecule has 0 saturated heterocycles. The number of halogens is 1. The van der Waals surface area contributed by atoms with Gasteiger partial charge in [-0.3, -0.25) is 4.79 Å². The number of aldehydes is 1. The molecule has 1 aliphatic rings. The number of unbranched alkanes of at least 4 members (excludes halogenated alkanes) is 2. The molecule has 1 aromatic carbocycles. The van der Waals surface area contributed by atoms with E-state index in [0.717, 1.165) is 42.4 Å². The molecular weight excluding hydrogens is 491 g/mol. The van der Waals surface area contributed by atoms with E-state index >= 15 is 0 Å². The molecule has 29 heavy (non-hydrogen) atoms. The maximum Gasteiger partial charge on any atom is 0.160 e. The van der Waals surface area contributed by atoms with Crippen molar-refractivity contribution in [2.45, 2.75) is 70.8 Å². The van der Waals surface area contributed by atoms with Crippen LogP contribution < -0.4 is 0 Å². The maximum absolute atomic E-state index is 10.9. The van der Waals surface area contributed by atoms with Gasteiger partial charge < -0.3 is 5.11 Å². The fraction of sp³-hybridized carbons (Fsp3) is 0.480. The normalized spacial score (nSPS) is 17.7. The van der Waals surface area contributed by atoms with E-state index in [0.29, 0.717) is 5.92 Å². The summed E-state index contributed by atoms with van der Waals surface area (Å²) in [5, 5.41) is 10.4. The number of hydrogen-bond acceptors (Lipinski definition) is 3. The van der Waals surface area contributed by atoms with E-state index in [1.165, 1.54) is 51.7 Å². The third-order valence-corrected chi connectivity index (χ3v) is 8.07. The van der Waals surface area contributed by atoms with Crippen LogP contribution in [0.5, 0.6) is 0 Å². The van der Waals surface area contributed by atoms with E-state index in [1.807, 2.05) is 6.07 Å². The fourth-order valence-electron chi connectivity index (χ4n) is 4.24. The Morgan fingerprint density at radius 3 is 2.66 bits per heavy atom. The van der Waals surface area contributed by atoms with Gasteiger partial charge in [0.2, 0.25) is 0 Å². The minimum atomic E-state index is -0.343. The molecule has 0 aliphatic heterocycles. The zero-order chi connectivity index (χ0) is 20.6. The van der Waals surface area contributed by atoms with Gasteiger partial charge in [0.1, 0.15) is 0 Å². The number of hydrogen-bond donors (Lipinski definition) is 1. The Balaban J connectivity index is 1.58. The number of carbonyl (C=O) groups excluding carboxylic acids is 1. The van der Waals surface area contributed by atoms with Gasteiger partial charge in [0.05, 0.1) is 11.0 Å². The molecule has 1 heterocycles. The van der Waals surface area contributed by atoms with Crippen LogP contribution in [0.4, 0.5) is 0 Å². The standard InChI is InChI=1S/C25H31IO2S/c1-2-3-4-8-24(28)18-9-11-20(12-10-18)25-19(13-16-23(25)26)6-5-7-21-14-15-22(17-27)29-21/h9-12,14-15,17,19,24,28H,2-8,13,16H2,1H3/t19-,24-/m0/s1. The van der Waals surface area contributed by atoms with Crippen molar-refractivity contribution >= 4 is 45.8 Å². The summed E-state index contributed by atoms with van der Waals surface area (Å²) in [7, 11) is 0. The summed E-state index contributed by atoms with van der Waals surface area (Å²) in [6.45, 7) is 2.19. The molecule has 2 nitrogen and oxygen atoms in total. The molecule has 0 bridgehead atoms. The first-order chi connectivity index (χ1) is 14.1. The molecule has 156 valence electrons. The quantitative estimate of drug-likeness (QED) is 0.186. The third kappa shape index (κ3) is 6.25. The van der Waals surface area contributed by atoms with Crippen molar-refractivity contribution < 1.29 is 9.90 Å². The molecule has 1 aromatic heterocycles.